The Kier molecular flexibility index (Phi) is 4.23. The second-order valence-electron chi connectivity index (χ2n) is 2.92. The molecule has 1 aromatic rings. The van der Waals surface area contributed by atoms with E-state index >= 15 is 0 Å². The smallest absolute Gasteiger partial charge is 0.339 e. The zero-order chi connectivity index (χ0) is 11.3. The predicted octanol–water partition coefficient (Wildman–Crippen LogP) is 2.61. The Balaban J connectivity index is 2.54. The number of hydrogen-bond donors (Lipinski definition) is 0. The minimum absolute atomic E-state index is 0.0440. The monoisotopic (exact) mass is 229 g/mol. The van der Waals surface area contributed by atoms with Crippen LogP contribution in [0.4, 0.5) is 5.00 Å². The highest BCUT2D eigenvalue weighted by atomic mass is 32.1. The third kappa shape index (κ3) is 3.32. The van der Waals surface area contributed by atoms with Crippen molar-refractivity contribution in [1.29, 1.82) is 0 Å². The van der Waals surface area contributed by atoms with Gasteiger partial charge in [0.25, 0.3) is 0 Å². The number of nitrogens with zero attached hydrogens (tertiary/aromatic N) is 1. The summed E-state index contributed by atoms with van der Waals surface area (Å²) in [5, 5.41) is 11.8. The molecule has 6 heteroatoms. The lowest BCUT2D eigenvalue weighted by Gasteiger charge is -2.00. The van der Waals surface area contributed by atoms with Crippen molar-refractivity contribution in [2.45, 2.75) is 19.8 Å². The maximum Gasteiger partial charge on any atom is 0.339 e. The maximum atomic E-state index is 11.3. The number of thiophene rings is 1. The topological polar surface area (TPSA) is 69.4 Å². The van der Waals surface area contributed by atoms with Crippen molar-refractivity contribution < 1.29 is 14.5 Å². The van der Waals surface area contributed by atoms with Crippen LogP contribution in [0.15, 0.2) is 11.4 Å². The second kappa shape index (κ2) is 5.45. The normalized spacial score (nSPS) is 9.93. The summed E-state index contributed by atoms with van der Waals surface area (Å²) in [5.41, 5.74) is 0.253. The van der Waals surface area contributed by atoms with Crippen molar-refractivity contribution in [1.82, 2.24) is 0 Å². The van der Waals surface area contributed by atoms with Gasteiger partial charge in [-0.2, -0.15) is 0 Å². The van der Waals surface area contributed by atoms with E-state index in [1.54, 1.807) is 0 Å². The van der Waals surface area contributed by atoms with E-state index in [0.29, 0.717) is 6.61 Å². The highest BCUT2D eigenvalue weighted by molar-refractivity contribution is 7.13. The maximum absolute atomic E-state index is 11.3. The summed E-state index contributed by atoms with van der Waals surface area (Å²) in [4.78, 5) is 21.2. The minimum Gasteiger partial charge on any atom is -0.462 e. The molecular formula is C9H11NO4S. The van der Waals surface area contributed by atoms with Gasteiger partial charge < -0.3 is 4.74 Å². The summed E-state index contributed by atoms with van der Waals surface area (Å²) in [6, 6.07) is 1.24. The van der Waals surface area contributed by atoms with E-state index in [-0.39, 0.29) is 10.6 Å². The molecule has 0 bridgehead atoms. The van der Waals surface area contributed by atoms with Crippen LogP contribution in [0.5, 0.6) is 0 Å². The highest BCUT2D eigenvalue weighted by Gasteiger charge is 2.15. The van der Waals surface area contributed by atoms with E-state index in [4.69, 9.17) is 4.74 Å². The molecule has 0 atom stereocenters. The van der Waals surface area contributed by atoms with E-state index in [0.717, 1.165) is 24.2 Å². The van der Waals surface area contributed by atoms with Crippen LogP contribution in [0.2, 0.25) is 0 Å². The standard InChI is InChI=1S/C9H11NO4S/c1-2-3-4-14-9(11)7-5-8(10(12)13)15-6-7/h5-6H,2-4H2,1H3. The Morgan fingerprint density at radius 2 is 2.40 bits per heavy atom. The zero-order valence-electron chi connectivity index (χ0n) is 8.26. The Morgan fingerprint density at radius 1 is 1.67 bits per heavy atom. The molecule has 0 fully saturated rings. The van der Waals surface area contributed by atoms with Crippen LogP contribution in [0.25, 0.3) is 0 Å². The fourth-order valence-electron chi connectivity index (χ4n) is 0.920. The second-order valence-corrected chi connectivity index (χ2v) is 3.81. The first-order valence-electron chi connectivity index (χ1n) is 4.55. The van der Waals surface area contributed by atoms with Crippen LogP contribution in [0, 0.1) is 10.1 Å². The summed E-state index contributed by atoms with van der Waals surface area (Å²) in [6.07, 6.45) is 1.75. The van der Waals surface area contributed by atoms with Crippen LogP contribution in [0.1, 0.15) is 30.1 Å². The van der Waals surface area contributed by atoms with Gasteiger partial charge >= 0.3 is 11.0 Å². The fourth-order valence-corrected chi connectivity index (χ4v) is 1.61. The van der Waals surface area contributed by atoms with Gasteiger partial charge in [0.05, 0.1) is 17.1 Å². The lowest BCUT2D eigenvalue weighted by Crippen LogP contribution is -2.04. The summed E-state index contributed by atoms with van der Waals surface area (Å²) >= 11 is 0.925. The van der Waals surface area contributed by atoms with Crippen molar-refractivity contribution in [3.8, 4) is 0 Å². The molecular weight excluding hydrogens is 218 g/mol. The lowest BCUT2D eigenvalue weighted by atomic mass is 10.3. The molecule has 0 aliphatic rings. The molecule has 0 aliphatic carbocycles. The molecule has 0 N–H and O–H groups in total. The number of nitro groups is 1. The van der Waals surface area contributed by atoms with Gasteiger partial charge in [0, 0.05) is 11.4 Å². The molecule has 0 unspecified atom stereocenters. The van der Waals surface area contributed by atoms with Crippen molar-refractivity contribution in [3.63, 3.8) is 0 Å². The highest BCUT2D eigenvalue weighted by Crippen LogP contribution is 2.22. The van der Waals surface area contributed by atoms with Gasteiger partial charge in [0.1, 0.15) is 0 Å². The number of unbranched alkanes of at least 4 members (excludes halogenated alkanes) is 1. The molecule has 0 aliphatic heterocycles. The number of ether oxygens (including phenoxy) is 1. The first-order valence-corrected chi connectivity index (χ1v) is 5.43. The molecule has 0 saturated heterocycles. The lowest BCUT2D eigenvalue weighted by molar-refractivity contribution is -0.380. The van der Waals surface area contributed by atoms with Crippen LogP contribution in [0.3, 0.4) is 0 Å². The van der Waals surface area contributed by atoms with Crippen molar-refractivity contribution >= 4 is 22.3 Å². The molecule has 0 saturated carbocycles. The average molecular weight is 229 g/mol. The average Bonchev–Trinajstić information content (AvgIpc) is 2.66. The quantitative estimate of drug-likeness (QED) is 0.337. The fraction of sp³-hybridized carbons (Fsp3) is 0.444. The van der Waals surface area contributed by atoms with Crippen LogP contribution >= 0.6 is 11.3 Å². The Labute approximate surface area is 90.8 Å². The SMILES string of the molecule is CCCCOC(=O)c1csc([N+](=O)[O-])c1. The Bertz CT molecular complexity index is 361. The molecule has 1 rings (SSSR count). The first kappa shape index (κ1) is 11.6. The van der Waals surface area contributed by atoms with E-state index in [1.165, 1.54) is 11.4 Å². The largest absolute Gasteiger partial charge is 0.462 e. The summed E-state index contributed by atoms with van der Waals surface area (Å²) in [5.74, 6) is -0.493. The van der Waals surface area contributed by atoms with Crippen molar-refractivity contribution in [2.24, 2.45) is 0 Å². The van der Waals surface area contributed by atoms with Gasteiger partial charge in [-0.25, -0.2) is 4.79 Å². The molecule has 0 spiro atoms. The minimum atomic E-state index is -0.520. The van der Waals surface area contributed by atoms with Crippen LogP contribution < -0.4 is 0 Å². The van der Waals surface area contributed by atoms with E-state index in [1.807, 2.05) is 6.92 Å². The van der Waals surface area contributed by atoms with Crippen molar-refractivity contribution in [3.05, 3.63) is 27.1 Å². The zero-order valence-corrected chi connectivity index (χ0v) is 9.08. The van der Waals surface area contributed by atoms with Gasteiger partial charge in [0.2, 0.25) is 0 Å². The molecule has 0 aromatic carbocycles. The molecule has 5 nitrogen and oxygen atoms in total. The summed E-state index contributed by atoms with van der Waals surface area (Å²) in [7, 11) is 0. The number of carbonyl (C=O) groups excluding carboxylic acids is 1. The summed E-state index contributed by atoms with van der Waals surface area (Å²) in [6.45, 7) is 2.35. The Hall–Kier alpha value is -1.43. The molecule has 1 heterocycles. The number of hydrogen-bond acceptors (Lipinski definition) is 5. The molecule has 15 heavy (non-hydrogen) atoms. The first-order chi connectivity index (χ1) is 7.15. The van der Waals surface area contributed by atoms with Gasteiger partial charge in [-0.3, -0.25) is 10.1 Å². The van der Waals surface area contributed by atoms with E-state index in [2.05, 4.69) is 0 Å². The molecule has 1 aromatic heterocycles. The van der Waals surface area contributed by atoms with Gasteiger partial charge in [-0.15, -0.1) is 0 Å². The Morgan fingerprint density at radius 3 is 2.93 bits per heavy atom. The van der Waals surface area contributed by atoms with Gasteiger partial charge in [-0.05, 0) is 6.42 Å². The van der Waals surface area contributed by atoms with E-state index in [9.17, 15) is 14.9 Å². The third-order valence-electron chi connectivity index (χ3n) is 1.73. The van der Waals surface area contributed by atoms with E-state index < -0.39 is 10.9 Å². The molecule has 82 valence electrons. The third-order valence-corrected chi connectivity index (χ3v) is 2.61. The van der Waals surface area contributed by atoms with Gasteiger partial charge in [-0.1, -0.05) is 24.7 Å². The molecule has 0 amide bonds. The predicted molar refractivity (Wildman–Crippen MR) is 56.2 cm³/mol. The number of esters is 1. The number of rotatable bonds is 5. The van der Waals surface area contributed by atoms with Crippen LogP contribution in [-0.4, -0.2) is 17.5 Å². The molecule has 0 radical (unpaired) electrons. The van der Waals surface area contributed by atoms with Gasteiger partial charge in [0.15, 0.2) is 0 Å². The summed E-state index contributed by atoms with van der Waals surface area (Å²) < 4.78 is 4.91. The number of carbonyl (C=O) groups is 1. The van der Waals surface area contributed by atoms with Crippen LogP contribution in [-0.2, 0) is 4.74 Å². The van der Waals surface area contributed by atoms with Crippen molar-refractivity contribution in [2.75, 3.05) is 6.61 Å².